The summed E-state index contributed by atoms with van der Waals surface area (Å²) >= 11 is 19.0. The van der Waals surface area contributed by atoms with E-state index < -0.39 is 15.9 Å². The minimum absolute atomic E-state index is 0.207. The van der Waals surface area contributed by atoms with E-state index in [1.165, 1.54) is 42.5 Å². The molecule has 0 spiro atoms. The maximum Gasteiger partial charge on any atom is 0.271 e. The highest BCUT2D eigenvalue weighted by Gasteiger charge is 2.16. The van der Waals surface area contributed by atoms with Crippen LogP contribution >= 0.6 is 46.1 Å². The lowest BCUT2D eigenvalue weighted by Gasteiger charge is -2.10. The van der Waals surface area contributed by atoms with Crippen LogP contribution in [0.25, 0.3) is 0 Å². The molecular formula is C17H11Cl3N2O3S2. The van der Waals surface area contributed by atoms with Gasteiger partial charge in [-0.1, -0.05) is 40.9 Å². The smallest absolute Gasteiger partial charge is 0.271 e. The van der Waals surface area contributed by atoms with Crippen molar-refractivity contribution < 1.29 is 13.2 Å². The zero-order valence-corrected chi connectivity index (χ0v) is 17.3. The molecule has 0 saturated heterocycles. The molecule has 0 atom stereocenters. The van der Waals surface area contributed by atoms with E-state index in [1.54, 1.807) is 11.4 Å². The molecule has 1 amide bonds. The van der Waals surface area contributed by atoms with Gasteiger partial charge >= 0.3 is 0 Å². The van der Waals surface area contributed by atoms with Crippen LogP contribution in [0.15, 0.2) is 58.1 Å². The van der Waals surface area contributed by atoms with Gasteiger partial charge in [-0.25, -0.2) is 8.42 Å². The number of amides is 1. The second kappa shape index (κ2) is 8.08. The highest BCUT2D eigenvalue weighted by molar-refractivity contribution is 7.94. The van der Waals surface area contributed by atoms with Crippen LogP contribution in [-0.2, 0) is 10.0 Å². The molecular weight excluding hydrogens is 451 g/mol. The van der Waals surface area contributed by atoms with Gasteiger partial charge < -0.3 is 5.32 Å². The van der Waals surface area contributed by atoms with Crippen molar-refractivity contribution in [3.05, 3.63) is 74.5 Å². The summed E-state index contributed by atoms with van der Waals surface area (Å²) in [5, 5.41) is 5.10. The number of rotatable bonds is 5. The van der Waals surface area contributed by atoms with Crippen LogP contribution in [0.3, 0.4) is 0 Å². The Balaban J connectivity index is 1.74. The summed E-state index contributed by atoms with van der Waals surface area (Å²) in [6, 6.07) is 12.0. The van der Waals surface area contributed by atoms with Crippen molar-refractivity contribution in [3.8, 4) is 0 Å². The topological polar surface area (TPSA) is 75.3 Å². The lowest BCUT2D eigenvalue weighted by molar-refractivity contribution is 0.102. The monoisotopic (exact) mass is 460 g/mol. The average Bonchev–Trinajstić information content (AvgIpc) is 3.15. The third-order valence-corrected chi connectivity index (χ3v) is 7.23. The zero-order valence-electron chi connectivity index (χ0n) is 13.4. The largest absolute Gasteiger partial charge is 0.321 e. The summed E-state index contributed by atoms with van der Waals surface area (Å²) in [4.78, 5) is 12.4. The van der Waals surface area contributed by atoms with Gasteiger partial charge in [-0.15, -0.1) is 11.3 Å². The van der Waals surface area contributed by atoms with Gasteiger partial charge in [-0.3, -0.25) is 9.52 Å². The molecule has 0 aliphatic rings. The standard InChI is InChI=1S/C17H11Cl3N2O3S2/c18-12-8-14(20)15(9-13(12)19)21-17(23)10-3-5-11(6-4-10)22-27(24,25)16-2-1-7-26-16/h1-9,22H,(H,21,23). The maximum absolute atomic E-state index is 12.4. The Hall–Kier alpha value is -1.77. The summed E-state index contributed by atoms with van der Waals surface area (Å²) in [6.07, 6.45) is 0. The van der Waals surface area contributed by atoms with Crippen LogP contribution in [0.2, 0.25) is 15.1 Å². The van der Waals surface area contributed by atoms with Crippen molar-refractivity contribution >= 4 is 73.4 Å². The van der Waals surface area contributed by atoms with Crippen LogP contribution in [-0.4, -0.2) is 14.3 Å². The third kappa shape index (κ3) is 4.75. The lowest BCUT2D eigenvalue weighted by Crippen LogP contribution is -2.13. The molecule has 2 aromatic carbocycles. The first-order valence-electron chi connectivity index (χ1n) is 7.38. The zero-order chi connectivity index (χ0) is 19.6. The number of hydrogen-bond acceptors (Lipinski definition) is 4. The Morgan fingerprint density at radius 3 is 2.22 bits per heavy atom. The first-order chi connectivity index (χ1) is 12.8. The van der Waals surface area contributed by atoms with Crippen molar-refractivity contribution in [2.45, 2.75) is 4.21 Å². The molecule has 0 aliphatic carbocycles. The van der Waals surface area contributed by atoms with E-state index in [9.17, 15) is 13.2 Å². The molecule has 3 rings (SSSR count). The molecule has 1 heterocycles. The molecule has 10 heteroatoms. The van der Waals surface area contributed by atoms with Gasteiger partial charge in [0, 0.05) is 11.3 Å². The Morgan fingerprint density at radius 1 is 0.926 bits per heavy atom. The van der Waals surface area contributed by atoms with Crippen molar-refractivity contribution in [1.29, 1.82) is 0 Å². The molecule has 5 nitrogen and oxygen atoms in total. The fourth-order valence-corrected chi connectivity index (χ4v) is 4.77. The molecule has 1 aromatic heterocycles. The van der Waals surface area contributed by atoms with E-state index in [0.29, 0.717) is 16.9 Å². The summed E-state index contributed by atoms with van der Waals surface area (Å²) in [5.41, 5.74) is 0.974. The van der Waals surface area contributed by atoms with E-state index in [-0.39, 0.29) is 19.3 Å². The lowest BCUT2D eigenvalue weighted by atomic mass is 10.2. The number of nitrogens with one attached hydrogen (secondary N) is 2. The van der Waals surface area contributed by atoms with Crippen LogP contribution < -0.4 is 10.0 Å². The average molecular weight is 462 g/mol. The molecule has 27 heavy (non-hydrogen) atoms. The van der Waals surface area contributed by atoms with Crippen molar-refractivity contribution in [1.82, 2.24) is 0 Å². The first kappa shape index (κ1) is 20.0. The van der Waals surface area contributed by atoms with Crippen LogP contribution in [0, 0.1) is 0 Å². The fourth-order valence-electron chi connectivity index (χ4n) is 2.12. The highest BCUT2D eigenvalue weighted by Crippen LogP contribution is 2.32. The normalized spacial score (nSPS) is 11.2. The third-order valence-electron chi connectivity index (χ3n) is 3.42. The van der Waals surface area contributed by atoms with Crippen molar-refractivity contribution in [2.75, 3.05) is 10.0 Å². The highest BCUT2D eigenvalue weighted by atomic mass is 35.5. The molecule has 2 N–H and O–H groups in total. The number of thiophene rings is 1. The summed E-state index contributed by atoms with van der Waals surface area (Å²) < 4.78 is 27.1. The molecule has 0 saturated carbocycles. The van der Waals surface area contributed by atoms with Crippen LogP contribution in [0.4, 0.5) is 11.4 Å². The predicted molar refractivity (Wildman–Crippen MR) is 111 cm³/mol. The van der Waals surface area contributed by atoms with E-state index in [2.05, 4.69) is 10.0 Å². The van der Waals surface area contributed by atoms with Gasteiger partial charge in [-0.05, 0) is 47.8 Å². The van der Waals surface area contributed by atoms with Crippen molar-refractivity contribution in [2.24, 2.45) is 0 Å². The summed E-state index contributed by atoms with van der Waals surface area (Å²) in [6.45, 7) is 0. The van der Waals surface area contributed by atoms with Gasteiger partial charge in [0.2, 0.25) is 0 Å². The fraction of sp³-hybridized carbons (Fsp3) is 0. The first-order valence-corrected chi connectivity index (χ1v) is 10.9. The van der Waals surface area contributed by atoms with Crippen molar-refractivity contribution in [3.63, 3.8) is 0 Å². The number of anilines is 2. The number of carbonyl (C=O) groups is 1. The van der Waals surface area contributed by atoms with E-state index in [4.69, 9.17) is 34.8 Å². The maximum atomic E-state index is 12.4. The Kier molecular flexibility index (Phi) is 5.98. The van der Waals surface area contributed by atoms with E-state index in [0.717, 1.165) is 11.3 Å². The molecule has 0 radical (unpaired) electrons. The molecule has 0 unspecified atom stereocenters. The number of hydrogen-bond donors (Lipinski definition) is 2. The Labute approximate surface area is 174 Å². The van der Waals surface area contributed by atoms with Gasteiger partial charge in [0.1, 0.15) is 4.21 Å². The molecule has 3 aromatic rings. The van der Waals surface area contributed by atoms with Gasteiger partial charge in [-0.2, -0.15) is 0 Å². The van der Waals surface area contributed by atoms with E-state index in [1.807, 2.05) is 0 Å². The second-order valence-electron chi connectivity index (χ2n) is 5.32. The summed E-state index contributed by atoms with van der Waals surface area (Å²) in [7, 11) is -3.64. The Bertz CT molecular complexity index is 1080. The Morgan fingerprint density at radius 2 is 1.59 bits per heavy atom. The van der Waals surface area contributed by atoms with Gasteiger partial charge in [0.05, 0.1) is 20.8 Å². The summed E-state index contributed by atoms with van der Waals surface area (Å²) in [5.74, 6) is -0.428. The molecule has 140 valence electrons. The predicted octanol–water partition coefficient (Wildman–Crippen LogP) is 5.76. The quantitative estimate of drug-likeness (QED) is 0.474. The van der Waals surface area contributed by atoms with E-state index >= 15 is 0 Å². The number of halogens is 3. The molecule has 0 bridgehead atoms. The molecule has 0 fully saturated rings. The SMILES string of the molecule is O=C(Nc1cc(Cl)c(Cl)cc1Cl)c1ccc(NS(=O)(=O)c2cccs2)cc1. The molecule has 0 aliphatic heterocycles. The van der Waals surface area contributed by atoms with Gasteiger partial charge in [0.15, 0.2) is 0 Å². The number of benzene rings is 2. The second-order valence-corrected chi connectivity index (χ2v) is 9.39. The minimum Gasteiger partial charge on any atom is -0.321 e. The number of carbonyl (C=O) groups excluding carboxylic acids is 1. The minimum atomic E-state index is -3.64. The number of sulfonamides is 1. The van der Waals surface area contributed by atoms with Crippen LogP contribution in [0.5, 0.6) is 0 Å². The van der Waals surface area contributed by atoms with Gasteiger partial charge in [0.25, 0.3) is 15.9 Å². The van der Waals surface area contributed by atoms with Crippen LogP contribution in [0.1, 0.15) is 10.4 Å².